The number of carbonyl (C=O) groups is 1. The minimum atomic E-state index is -0.380. The molecule has 25 heavy (non-hydrogen) atoms. The third-order valence-corrected chi connectivity index (χ3v) is 4.53. The Bertz CT molecular complexity index is 848. The average molecular weight is 459 g/mol. The molecule has 0 fully saturated rings. The highest BCUT2D eigenvalue weighted by atomic mass is 127. The highest BCUT2D eigenvalue weighted by Gasteiger charge is 2.18. The van der Waals surface area contributed by atoms with Crippen LogP contribution >= 0.6 is 22.6 Å². The summed E-state index contributed by atoms with van der Waals surface area (Å²) in [4.78, 5) is 24.7. The number of aliphatic hydroxyl groups excluding tert-OH is 1. The second kappa shape index (κ2) is 8.68. The van der Waals surface area contributed by atoms with Crippen LogP contribution in [0.3, 0.4) is 0 Å². The van der Waals surface area contributed by atoms with E-state index in [9.17, 15) is 14.0 Å². The van der Waals surface area contributed by atoms with Crippen molar-refractivity contribution in [2.75, 3.05) is 19.8 Å². The fraction of sp³-hybridized carbons (Fsp3) is 0.333. The zero-order valence-electron chi connectivity index (χ0n) is 14.0. The maximum Gasteiger partial charge on any atom is 0.253 e. The van der Waals surface area contributed by atoms with Crippen molar-refractivity contribution in [2.24, 2.45) is 7.05 Å². The minimum Gasteiger partial charge on any atom is -0.394 e. The van der Waals surface area contributed by atoms with Gasteiger partial charge in [-0.1, -0.05) is 6.07 Å². The summed E-state index contributed by atoms with van der Waals surface area (Å²) in [5, 5.41) is 8.75. The molecule has 1 aromatic carbocycles. The summed E-state index contributed by atoms with van der Waals surface area (Å²) >= 11 is 2.02. The Kier molecular flexibility index (Phi) is 6.86. The molecular weight excluding hydrogens is 440 g/mol. The van der Waals surface area contributed by atoms with E-state index in [2.05, 4.69) is 0 Å². The van der Waals surface area contributed by atoms with E-state index in [1.165, 1.54) is 16.7 Å². The molecule has 0 saturated heterocycles. The first-order valence-corrected chi connectivity index (χ1v) is 8.78. The number of Topliss-reactive ketones (excluding diaryl/α,β-unsaturated/α-hetero) is 1. The predicted molar refractivity (Wildman–Crippen MR) is 101 cm³/mol. The largest absolute Gasteiger partial charge is 0.394 e. The van der Waals surface area contributed by atoms with Gasteiger partial charge in [-0.3, -0.25) is 9.59 Å². The monoisotopic (exact) mass is 459 g/mol. The lowest BCUT2D eigenvalue weighted by Gasteiger charge is -2.15. The molecule has 134 valence electrons. The topological polar surface area (TPSA) is 68.5 Å². The molecule has 0 bridgehead atoms. The SMILES string of the molecule is Cc1cc(C(=O)COCCO)c(Cc2ccc(I)cc2F)n(C)c1=O. The van der Waals surface area contributed by atoms with E-state index >= 15 is 0 Å². The van der Waals surface area contributed by atoms with Crippen LogP contribution < -0.4 is 5.56 Å². The van der Waals surface area contributed by atoms with Gasteiger partial charge >= 0.3 is 0 Å². The molecule has 1 aromatic heterocycles. The average Bonchev–Trinajstić information content (AvgIpc) is 2.57. The third-order valence-electron chi connectivity index (χ3n) is 3.86. The molecule has 2 aromatic rings. The minimum absolute atomic E-state index is 0.0531. The Morgan fingerprint density at radius 2 is 2.08 bits per heavy atom. The second-order valence-corrected chi connectivity index (χ2v) is 6.91. The van der Waals surface area contributed by atoms with Crippen LogP contribution in [0.2, 0.25) is 0 Å². The van der Waals surface area contributed by atoms with E-state index in [0.717, 1.165) is 3.57 Å². The van der Waals surface area contributed by atoms with Crippen LogP contribution in [0.15, 0.2) is 29.1 Å². The van der Waals surface area contributed by atoms with Crippen molar-refractivity contribution in [1.29, 1.82) is 0 Å². The van der Waals surface area contributed by atoms with Gasteiger partial charge in [0.15, 0.2) is 5.78 Å². The Labute approximate surface area is 158 Å². The maximum atomic E-state index is 14.2. The van der Waals surface area contributed by atoms with Crippen molar-refractivity contribution >= 4 is 28.4 Å². The number of carbonyl (C=O) groups excluding carboxylic acids is 1. The molecule has 0 saturated carbocycles. The number of hydrogen-bond donors (Lipinski definition) is 1. The maximum absolute atomic E-state index is 14.2. The van der Waals surface area contributed by atoms with Crippen molar-refractivity contribution < 1.29 is 19.0 Å². The van der Waals surface area contributed by atoms with Gasteiger partial charge in [-0.05, 0) is 53.3 Å². The number of benzene rings is 1. The van der Waals surface area contributed by atoms with Crippen LogP contribution in [0.1, 0.15) is 27.2 Å². The molecule has 0 spiro atoms. The molecule has 0 aliphatic carbocycles. The lowest BCUT2D eigenvalue weighted by atomic mass is 10.00. The van der Waals surface area contributed by atoms with Crippen LogP contribution in [0.5, 0.6) is 0 Å². The number of ether oxygens (including phenoxy) is 1. The summed E-state index contributed by atoms with van der Waals surface area (Å²) < 4.78 is 21.4. The zero-order valence-corrected chi connectivity index (χ0v) is 16.2. The number of ketones is 1. The Morgan fingerprint density at radius 3 is 2.72 bits per heavy atom. The number of aliphatic hydroxyl groups is 1. The number of pyridine rings is 1. The highest BCUT2D eigenvalue weighted by molar-refractivity contribution is 14.1. The molecule has 0 unspecified atom stereocenters. The number of rotatable bonds is 7. The first-order chi connectivity index (χ1) is 11.8. The number of halogens is 2. The first-order valence-electron chi connectivity index (χ1n) is 7.70. The van der Waals surface area contributed by atoms with E-state index in [1.807, 2.05) is 22.6 Å². The quantitative estimate of drug-likeness (QED) is 0.392. The lowest BCUT2D eigenvalue weighted by Crippen LogP contribution is -2.27. The number of aromatic nitrogens is 1. The molecule has 0 atom stereocenters. The first kappa shape index (κ1) is 19.7. The molecule has 5 nitrogen and oxygen atoms in total. The summed E-state index contributed by atoms with van der Waals surface area (Å²) in [6, 6.07) is 6.36. The van der Waals surface area contributed by atoms with Crippen molar-refractivity contribution in [3.63, 3.8) is 0 Å². The van der Waals surface area contributed by atoms with Crippen LogP contribution in [0, 0.1) is 16.3 Å². The van der Waals surface area contributed by atoms with Crippen LogP contribution in [0.4, 0.5) is 4.39 Å². The molecule has 0 aliphatic rings. The van der Waals surface area contributed by atoms with Crippen molar-refractivity contribution in [2.45, 2.75) is 13.3 Å². The van der Waals surface area contributed by atoms with Crippen LogP contribution in [0.25, 0.3) is 0 Å². The summed E-state index contributed by atoms with van der Waals surface area (Å²) in [6.07, 6.45) is 0.121. The van der Waals surface area contributed by atoms with E-state index in [1.54, 1.807) is 26.1 Å². The molecule has 0 radical (unpaired) electrons. The van der Waals surface area contributed by atoms with Gasteiger partial charge in [0.1, 0.15) is 12.4 Å². The van der Waals surface area contributed by atoms with Gasteiger partial charge in [0.2, 0.25) is 0 Å². The molecule has 0 amide bonds. The molecular formula is C18H19FINO4. The van der Waals surface area contributed by atoms with E-state index in [4.69, 9.17) is 9.84 Å². The van der Waals surface area contributed by atoms with Crippen molar-refractivity contribution in [1.82, 2.24) is 4.57 Å². The number of nitrogens with zero attached hydrogens (tertiary/aromatic N) is 1. The molecule has 1 heterocycles. The number of hydrogen-bond acceptors (Lipinski definition) is 4. The zero-order chi connectivity index (χ0) is 18.6. The summed E-state index contributed by atoms with van der Waals surface area (Å²) in [7, 11) is 1.57. The smallest absolute Gasteiger partial charge is 0.253 e. The van der Waals surface area contributed by atoms with E-state index in [-0.39, 0.29) is 43.4 Å². The van der Waals surface area contributed by atoms with Gasteiger partial charge in [-0.15, -0.1) is 0 Å². The normalized spacial score (nSPS) is 10.9. The van der Waals surface area contributed by atoms with Crippen molar-refractivity contribution in [3.8, 4) is 0 Å². The lowest BCUT2D eigenvalue weighted by molar-refractivity contribution is 0.0662. The Morgan fingerprint density at radius 1 is 1.36 bits per heavy atom. The Balaban J connectivity index is 2.45. The second-order valence-electron chi connectivity index (χ2n) is 5.66. The molecule has 1 N–H and O–H groups in total. The predicted octanol–water partition coefficient (Wildman–Crippen LogP) is 2.22. The van der Waals surface area contributed by atoms with Crippen molar-refractivity contribution in [3.05, 3.63) is 66.4 Å². The van der Waals surface area contributed by atoms with Gasteiger partial charge in [0.25, 0.3) is 5.56 Å². The van der Waals surface area contributed by atoms with Gasteiger partial charge < -0.3 is 14.4 Å². The summed E-state index contributed by atoms with van der Waals surface area (Å²) in [6.45, 7) is 1.29. The summed E-state index contributed by atoms with van der Waals surface area (Å²) in [5.74, 6) is -0.692. The van der Waals surface area contributed by atoms with Gasteiger partial charge in [0.05, 0.1) is 13.2 Å². The van der Waals surface area contributed by atoms with E-state index in [0.29, 0.717) is 22.4 Å². The fourth-order valence-corrected chi connectivity index (χ4v) is 2.99. The third kappa shape index (κ3) is 4.74. The van der Waals surface area contributed by atoms with Gasteiger partial charge in [0, 0.05) is 33.9 Å². The Hall–Kier alpha value is -1.58. The van der Waals surface area contributed by atoms with Gasteiger partial charge in [-0.25, -0.2) is 4.39 Å². The van der Waals surface area contributed by atoms with Gasteiger partial charge in [-0.2, -0.15) is 0 Å². The molecule has 7 heteroatoms. The highest BCUT2D eigenvalue weighted by Crippen LogP contribution is 2.19. The van der Waals surface area contributed by atoms with Crippen LogP contribution in [-0.4, -0.2) is 35.3 Å². The fourth-order valence-electron chi connectivity index (χ4n) is 2.54. The standard InChI is InChI=1S/C18H19FINO4/c1-11-7-14(17(23)10-25-6-5-22)16(21(2)18(11)24)8-12-3-4-13(20)9-15(12)19/h3-4,7,9,22H,5-6,8,10H2,1-2H3. The summed E-state index contributed by atoms with van der Waals surface area (Å²) in [5.41, 5.74) is 1.38. The number of aryl methyl sites for hydroxylation is 1. The van der Waals surface area contributed by atoms with E-state index < -0.39 is 0 Å². The molecule has 0 aliphatic heterocycles. The van der Waals surface area contributed by atoms with Crippen LogP contribution in [-0.2, 0) is 18.2 Å². The molecule has 2 rings (SSSR count).